The fourth-order valence-corrected chi connectivity index (χ4v) is 3.18. The van der Waals surface area contributed by atoms with Gasteiger partial charge in [-0.25, -0.2) is 4.39 Å². The fraction of sp³-hybridized carbons (Fsp3) is 0.333. The minimum absolute atomic E-state index is 0.123. The molecule has 0 spiro atoms. The lowest BCUT2D eigenvalue weighted by Gasteiger charge is -2.33. The molecule has 3 rings (SSSR count). The molecule has 0 fully saturated rings. The summed E-state index contributed by atoms with van der Waals surface area (Å²) < 4.78 is 13.5. The van der Waals surface area contributed by atoms with Crippen LogP contribution in [0.25, 0.3) is 0 Å². The highest BCUT2D eigenvalue weighted by atomic mass is 19.1. The third kappa shape index (κ3) is 2.25. The zero-order valence-corrected chi connectivity index (χ0v) is 12.3. The van der Waals surface area contributed by atoms with Gasteiger partial charge in [-0.2, -0.15) is 0 Å². The molecule has 1 atom stereocenters. The highest BCUT2D eigenvalue weighted by Crippen LogP contribution is 2.34. The molecule has 2 aromatic rings. The smallest absolute Gasteiger partial charge is 0.126 e. The first-order valence-corrected chi connectivity index (χ1v) is 7.09. The lowest BCUT2D eigenvalue weighted by molar-refractivity contribution is 0.294. The molecule has 1 aliphatic rings. The molecule has 1 heterocycles. The number of hydrogen-bond donors (Lipinski definition) is 0. The normalized spacial score (nSPS) is 18.9. The largest absolute Gasteiger partial charge is 0.301 e. The number of likely N-dealkylation sites (N-methyl/N-ethyl adjacent to an activating group) is 1. The average molecular weight is 269 g/mol. The summed E-state index contributed by atoms with van der Waals surface area (Å²) >= 11 is 0. The number of aryl methyl sites for hydroxylation is 2. The molecule has 0 N–H and O–H groups in total. The van der Waals surface area contributed by atoms with Crippen LogP contribution in [0.4, 0.5) is 4.39 Å². The van der Waals surface area contributed by atoms with E-state index in [-0.39, 0.29) is 5.82 Å². The quantitative estimate of drug-likeness (QED) is 0.756. The Kier molecular flexibility index (Phi) is 3.35. The molecule has 0 saturated carbocycles. The first kappa shape index (κ1) is 13.3. The van der Waals surface area contributed by atoms with Gasteiger partial charge in [0.15, 0.2) is 0 Å². The molecule has 0 aromatic heterocycles. The van der Waals surface area contributed by atoms with Crippen LogP contribution in [0, 0.1) is 19.7 Å². The van der Waals surface area contributed by atoms with E-state index in [0.29, 0.717) is 5.92 Å². The lowest BCUT2D eigenvalue weighted by atomic mass is 9.83. The Morgan fingerprint density at radius 2 is 1.90 bits per heavy atom. The lowest BCUT2D eigenvalue weighted by Crippen LogP contribution is -2.31. The number of rotatable bonds is 1. The van der Waals surface area contributed by atoms with Crippen molar-refractivity contribution in [2.24, 2.45) is 0 Å². The van der Waals surface area contributed by atoms with Gasteiger partial charge in [0.25, 0.3) is 0 Å². The fourth-order valence-electron chi connectivity index (χ4n) is 3.18. The molecule has 1 nitrogen and oxygen atoms in total. The summed E-state index contributed by atoms with van der Waals surface area (Å²) in [5.74, 6) is 0.213. The molecular weight excluding hydrogens is 249 g/mol. The summed E-state index contributed by atoms with van der Waals surface area (Å²) in [6.07, 6.45) is 0. The molecule has 0 saturated heterocycles. The second-order valence-corrected chi connectivity index (χ2v) is 5.90. The van der Waals surface area contributed by atoms with Crippen molar-refractivity contribution < 1.29 is 4.39 Å². The average Bonchev–Trinajstić information content (AvgIpc) is 2.42. The summed E-state index contributed by atoms with van der Waals surface area (Å²) in [4.78, 5) is 2.35. The molecule has 0 amide bonds. The molecular formula is C18H20FN. The topological polar surface area (TPSA) is 3.24 Å². The zero-order chi connectivity index (χ0) is 14.3. The molecule has 2 aromatic carbocycles. The van der Waals surface area contributed by atoms with E-state index in [1.807, 2.05) is 19.1 Å². The van der Waals surface area contributed by atoms with Crippen LogP contribution < -0.4 is 0 Å². The van der Waals surface area contributed by atoms with Gasteiger partial charge >= 0.3 is 0 Å². The Morgan fingerprint density at radius 1 is 1.10 bits per heavy atom. The summed E-state index contributed by atoms with van der Waals surface area (Å²) in [6, 6.07) is 12.0. The first-order chi connectivity index (χ1) is 9.56. The Balaban J connectivity index is 2.11. The van der Waals surface area contributed by atoms with Gasteiger partial charge in [-0.1, -0.05) is 30.3 Å². The van der Waals surface area contributed by atoms with Crippen LogP contribution in [0.3, 0.4) is 0 Å². The monoisotopic (exact) mass is 269 g/mol. The Labute approximate surface area is 120 Å². The Bertz CT molecular complexity index is 648. The number of fused-ring (bicyclic) bond motifs is 1. The molecule has 0 bridgehead atoms. The summed E-state index contributed by atoms with van der Waals surface area (Å²) in [5.41, 5.74) is 6.10. The number of hydrogen-bond acceptors (Lipinski definition) is 1. The minimum Gasteiger partial charge on any atom is -0.301 e. The molecule has 104 valence electrons. The summed E-state index contributed by atoms with van der Waals surface area (Å²) in [7, 11) is 2.15. The van der Waals surface area contributed by atoms with E-state index in [1.54, 1.807) is 6.07 Å². The predicted octanol–water partition coefficient (Wildman–Crippen LogP) is 4.02. The van der Waals surface area contributed by atoms with Gasteiger partial charge in [-0.05, 0) is 54.8 Å². The van der Waals surface area contributed by atoms with Crippen LogP contribution in [0.1, 0.15) is 33.7 Å². The maximum atomic E-state index is 13.5. The zero-order valence-electron chi connectivity index (χ0n) is 12.3. The van der Waals surface area contributed by atoms with Gasteiger partial charge in [0.1, 0.15) is 5.82 Å². The standard InChI is InChI=1S/C18H20FN/c1-12-5-4-6-15-16(12)10-20(3)11-17(15)14-7-8-18(19)13(2)9-14/h4-9,17H,10-11H2,1-3H3. The van der Waals surface area contributed by atoms with Gasteiger partial charge in [-0.3, -0.25) is 0 Å². The SMILES string of the molecule is Cc1cc(C2CN(C)Cc3c(C)cccc32)ccc1F. The van der Waals surface area contributed by atoms with Crippen molar-refractivity contribution in [3.05, 3.63) is 70.0 Å². The molecule has 2 heteroatoms. The van der Waals surface area contributed by atoms with E-state index in [4.69, 9.17) is 0 Å². The molecule has 20 heavy (non-hydrogen) atoms. The van der Waals surface area contributed by atoms with Gasteiger partial charge < -0.3 is 4.90 Å². The number of halogens is 1. The maximum Gasteiger partial charge on any atom is 0.126 e. The number of nitrogens with zero attached hydrogens (tertiary/aromatic N) is 1. The third-order valence-corrected chi connectivity index (χ3v) is 4.33. The second kappa shape index (κ2) is 5.02. The first-order valence-electron chi connectivity index (χ1n) is 7.09. The highest BCUT2D eigenvalue weighted by Gasteiger charge is 2.25. The van der Waals surface area contributed by atoms with Crippen molar-refractivity contribution in [3.63, 3.8) is 0 Å². The van der Waals surface area contributed by atoms with E-state index < -0.39 is 0 Å². The number of benzene rings is 2. The van der Waals surface area contributed by atoms with E-state index in [1.165, 1.54) is 22.3 Å². The van der Waals surface area contributed by atoms with Crippen molar-refractivity contribution >= 4 is 0 Å². The summed E-state index contributed by atoms with van der Waals surface area (Å²) in [5, 5.41) is 0. The molecule has 0 aliphatic carbocycles. The van der Waals surface area contributed by atoms with Gasteiger partial charge in [0, 0.05) is 19.0 Å². The van der Waals surface area contributed by atoms with Crippen LogP contribution in [0.2, 0.25) is 0 Å². The van der Waals surface area contributed by atoms with Crippen molar-refractivity contribution in [1.29, 1.82) is 0 Å². The van der Waals surface area contributed by atoms with Crippen LogP contribution in [-0.2, 0) is 6.54 Å². The Morgan fingerprint density at radius 3 is 2.65 bits per heavy atom. The van der Waals surface area contributed by atoms with E-state index in [2.05, 4.69) is 37.1 Å². The van der Waals surface area contributed by atoms with Crippen molar-refractivity contribution in [3.8, 4) is 0 Å². The van der Waals surface area contributed by atoms with Crippen LogP contribution in [0.15, 0.2) is 36.4 Å². The van der Waals surface area contributed by atoms with Crippen LogP contribution in [-0.4, -0.2) is 18.5 Å². The minimum atomic E-state index is -0.123. The Hall–Kier alpha value is -1.67. The van der Waals surface area contributed by atoms with Gasteiger partial charge in [-0.15, -0.1) is 0 Å². The van der Waals surface area contributed by atoms with Gasteiger partial charge in [0.05, 0.1) is 0 Å². The maximum absolute atomic E-state index is 13.5. The van der Waals surface area contributed by atoms with Crippen molar-refractivity contribution in [2.75, 3.05) is 13.6 Å². The molecule has 1 unspecified atom stereocenters. The van der Waals surface area contributed by atoms with Crippen LogP contribution in [0.5, 0.6) is 0 Å². The molecule has 1 aliphatic heterocycles. The van der Waals surface area contributed by atoms with E-state index in [9.17, 15) is 4.39 Å². The molecule has 0 radical (unpaired) electrons. The summed E-state index contributed by atoms with van der Waals surface area (Å²) in [6.45, 7) is 5.99. The van der Waals surface area contributed by atoms with Crippen molar-refractivity contribution in [1.82, 2.24) is 4.90 Å². The van der Waals surface area contributed by atoms with E-state index >= 15 is 0 Å². The van der Waals surface area contributed by atoms with Crippen LogP contribution >= 0.6 is 0 Å². The predicted molar refractivity (Wildman–Crippen MR) is 80.5 cm³/mol. The van der Waals surface area contributed by atoms with E-state index in [0.717, 1.165) is 18.7 Å². The highest BCUT2D eigenvalue weighted by molar-refractivity contribution is 5.44. The second-order valence-electron chi connectivity index (χ2n) is 5.90. The third-order valence-electron chi connectivity index (χ3n) is 4.33. The van der Waals surface area contributed by atoms with Gasteiger partial charge in [0.2, 0.25) is 0 Å². The van der Waals surface area contributed by atoms with Crippen molar-refractivity contribution in [2.45, 2.75) is 26.3 Å².